The summed E-state index contributed by atoms with van der Waals surface area (Å²) in [4.78, 5) is 20.5. The van der Waals surface area contributed by atoms with Gasteiger partial charge in [-0.15, -0.1) is 10.2 Å². The number of aliphatic imine (C=N–C) groups is 1. The van der Waals surface area contributed by atoms with E-state index in [1.54, 1.807) is 13.8 Å². The molecule has 0 aliphatic carbocycles. The number of rotatable bonds is 2. The van der Waals surface area contributed by atoms with E-state index in [1.807, 2.05) is 6.07 Å². The Morgan fingerprint density at radius 3 is 2.79 bits per heavy atom. The number of carbonyl (C=O) groups is 1. The lowest BCUT2D eigenvalue weighted by Gasteiger charge is -2.30. The second-order valence-electron chi connectivity index (χ2n) is 6.73. The third kappa shape index (κ3) is 2.49. The van der Waals surface area contributed by atoms with Crippen molar-refractivity contribution in [3.05, 3.63) is 11.8 Å². The Labute approximate surface area is 139 Å². The second-order valence-corrected chi connectivity index (χ2v) is 6.73. The van der Waals surface area contributed by atoms with Gasteiger partial charge in [-0.2, -0.15) is 0 Å². The lowest BCUT2D eigenvalue weighted by atomic mass is 10.0. The van der Waals surface area contributed by atoms with Gasteiger partial charge >= 0.3 is 6.03 Å². The van der Waals surface area contributed by atoms with E-state index in [1.165, 1.54) is 4.90 Å². The van der Waals surface area contributed by atoms with E-state index in [2.05, 4.69) is 25.4 Å². The highest BCUT2D eigenvalue weighted by atomic mass is 16.5. The SMILES string of the molecule is CC(C)(O)C1CN2C(=O)Nc3cc(N4CCOCC4)nnc3C2=N1. The molecular formula is C15H20N6O3. The molecule has 1 atom stereocenters. The number of amides is 2. The van der Waals surface area contributed by atoms with Crippen LogP contribution in [0.15, 0.2) is 11.1 Å². The summed E-state index contributed by atoms with van der Waals surface area (Å²) in [6.07, 6.45) is 0. The first-order chi connectivity index (χ1) is 11.4. The number of hydrogen-bond donors (Lipinski definition) is 2. The van der Waals surface area contributed by atoms with Gasteiger partial charge in [0, 0.05) is 19.2 Å². The molecule has 1 fully saturated rings. The van der Waals surface area contributed by atoms with Crippen LogP contribution in [0, 0.1) is 0 Å². The van der Waals surface area contributed by atoms with Gasteiger partial charge in [-0.3, -0.25) is 9.89 Å². The molecule has 2 amide bonds. The molecule has 4 rings (SSSR count). The Morgan fingerprint density at radius 2 is 2.08 bits per heavy atom. The summed E-state index contributed by atoms with van der Waals surface area (Å²) in [6.45, 7) is 6.50. The number of fused-ring (bicyclic) bond motifs is 3. The van der Waals surface area contributed by atoms with Crippen molar-refractivity contribution in [1.29, 1.82) is 0 Å². The molecule has 3 aliphatic heterocycles. The standard InChI is InChI=1S/C15H20N6O3/c1-15(2,23)10-8-21-13(17-10)12-9(16-14(21)22)7-11(18-19-12)20-3-5-24-6-4-20/h7,10,23H,3-6,8H2,1-2H3,(H,16,22). The maximum atomic E-state index is 12.4. The number of nitrogens with one attached hydrogen (secondary N) is 1. The van der Waals surface area contributed by atoms with E-state index in [0.717, 1.165) is 13.1 Å². The minimum atomic E-state index is -1.01. The first kappa shape index (κ1) is 15.3. The third-order valence-corrected chi connectivity index (χ3v) is 4.52. The summed E-state index contributed by atoms with van der Waals surface area (Å²) < 4.78 is 5.34. The molecule has 0 saturated carbocycles. The number of morpholine rings is 1. The molecular weight excluding hydrogens is 312 g/mol. The smallest absolute Gasteiger partial charge is 0.327 e. The van der Waals surface area contributed by atoms with Crippen LogP contribution >= 0.6 is 0 Å². The topological polar surface area (TPSA) is 103 Å². The van der Waals surface area contributed by atoms with E-state index in [4.69, 9.17) is 4.74 Å². The van der Waals surface area contributed by atoms with Crippen molar-refractivity contribution >= 4 is 23.4 Å². The zero-order valence-corrected chi connectivity index (χ0v) is 13.7. The normalized spacial score (nSPS) is 23.5. The first-order valence-corrected chi connectivity index (χ1v) is 8.03. The number of carbonyl (C=O) groups excluding carboxylic acids is 1. The van der Waals surface area contributed by atoms with Gasteiger partial charge in [-0.05, 0) is 13.8 Å². The van der Waals surface area contributed by atoms with E-state index in [-0.39, 0.29) is 12.1 Å². The molecule has 1 saturated heterocycles. The highest BCUT2D eigenvalue weighted by Gasteiger charge is 2.42. The maximum Gasteiger partial charge on any atom is 0.327 e. The summed E-state index contributed by atoms with van der Waals surface area (Å²) in [6, 6.07) is 1.18. The lowest BCUT2D eigenvalue weighted by Crippen LogP contribution is -2.46. The molecule has 0 bridgehead atoms. The van der Waals surface area contributed by atoms with Gasteiger partial charge in [0.15, 0.2) is 17.3 Å². The first-order valence-electron chi connectivity index (χ1n) is 8.03. The average molecular weight is 332 g/mol. The van der Waals surface area contributed by atoms with E-state index < -0.39 is 5.60 Å². The molecule has 9 heteroatoms. The Kier molecular flexibility index (Phi) is 3.43. The van der Waals surface area contributed by atoms with E-state index in [0.29, 0.717) is 42.8 Å². The van der Waals surface area contributed by atoms with Gasteiger partial charge in [0.05, 0.1) is 37.1 Å². The van der Waals surface area contributed by atoms with Crippen LogP contribution in [0.3, 0.4) is 0 Å². The number of amidine groups is 1. The zero-order chi connectivity index (χ0) is 16.9. The highest BCUT2D eigenvalue weighted by molar-refractivity contribution is 6.18. The summed E-state index contributed by atoms with van der Waals surface area (Å²) in [5.41, 5.74) is 0.132. The number of aliphatic hydroxyl groups is 1. The Hall–Kier alpha value is -2.26. The fourth-order valence-corrected chi connectivity index (χ4v) is 3.04. The van der Waals surface area contributed by atoms with Gasteiger partial charge in [-0.25, -0.2) is 4.79 Å². The molecule has 4 heterocycles. The Bertz CT molecular complexity index is 708. The van der Waals surface area contributed by atoms with Crippen LogP contribution in [0.2, 0.25) is 0 Å². The van der Waals surface area contributed by atoms with Crippen molar-refractivity contribution in [2.45, 2.75) is 25.5 Å². The van der Waals surface area contributed by atoms with E-state index in [9.17, 15) is 9.90 Å². The highest BCUT2D eigenvalue weighted by Crippen LogP contribution is 2.30. The number of hydrogen-bond acceptors (Lipinski definition) is 7. The number of ether oxygens (including phenoxy) is 1. The summed E-state index contributed by atoms with van der Waals surface area (Å²) in [5, 5.41) is 21.6. The molecule has 0 radical (unpaired) electrons. The van der Waals surface area contributed by atoms with Crippen LogP contribution in [0.5, 0.6) is 0 Å². The van der Waals surface area contributed by atoms with Gasteiger partial charge in [0.1, 0.15) is 0 Å². The average Bonchev–Trinajstić information content (AvgIpc) is 3.02. The van der Waals surface area contributed by atoms with Crippen molar-refractivity contribution in [3.8, 4) is 0 Å². The molecule has 1 aromatic rings. The van der Waals surface area contributed by atoms with Gasteiger partial charge in [0.25, 0.3) is 0 Å². The van der Waals surface area contributed by atoms with Crippen LogP contribution in [0.1, 0.15) is 19.5 Å². The fraction of sp³-hybridized carbons (Fsp3) is 0.600. The molecule has 9 nitrogen and oxygen atoms in total. The van der Waals surface area contributed by atoms with Gasteiger partial charge in [0.2, 0.25) is 0 Å². The van der Waals surface area contributed by atoms with Crippen LogP contribution in [0.25, 0.3) is 0 Å². The van der Waals surface area contributed by atoms with Crippen LogP contribution in [-0.2, 0) is 4.74 Å². The van der Waals surface area contributed by atoms with Crippen molar-refractivity contribution in [2.24, 2.45) is 4.99 Å². The molecule has 24 heavy (non-hydrogen) atoms. The minimum absolute atomic E-state index is 0.256. The second kappa shape index (κ2) is 5.38. The Balaban J connectivity index is 1.69. The van der Waals surface area contributed by atoms with Crippen LogP contribution in [0.4, 0.5) is 16.3 Å². The minimum Gasteiger partial charge on any atom is -0.388 e. The fourth-order valence-electron chi connectivity index (χ4n) is 3.04. The van der Waals surface area contributed by atoms with Crippen LogP contribution < -0.4 is 10.2 Å². The third-order valence-electron chi connectivity index (χ3n) is 4.52. The largest absolute Gasteiger partial charge is 0.388 e. The quantitative estimate of drug-likeness (QED) is 0.794. The molecule has 1 unspecified atom stereocenters. The molecule has 1 aromatic heterocycles. The molecule has 128 valence electrons. The van der Waals surface area contributed by atoms with Crippen molar-refractivity contribution in [1.82, 2.24) is 15.1 Å². The number of urea groups is 1. The lowest BCUT2D eigenvalue weighted by molar-refractivity contribution is 0.0533. The summed E-state index contributed by atoms with van der Waals surface area (Å²) in [7, 11) is 0. The summed E-state index contributed by atoms with van der Waals surface area (Å²) >= 11 is 0. The van der Waals surface area contributed by atoms with Crippen molar-refractivity contribution < 1.29 is 14.6 Å². The van der Waals surface area contributed by atoms with Gasteiger partial charge < -0.3 is 20.1 Å². The molecule has 0 spiro atoms. The predicted molar refractivity (Wildman–Crippen MR) is 87.4 cm³/mol. The molecule has 2 N–H and O–H groups in total. The predicted octanol–water partition coefficient (Wildman–Crippen LogP) is 0.0604. The van der Waals surface area contributed by atoms with Gasteiger partial charge in [-0.1, -0.05) is 0 Å². The number of aromatic nitrogens is 2. The maximum absolute atomic E-state index is 12.4. The zero-order valence-electron chi connectivity index (χ0n) is 13.7. The van der Waals surface area contributed by atoms with E-state index >= 15 is 0 Å². The molecule has 0 aromatic carbocycles. The van der Waals surface area contributed by atoms with Crippen molar-refractivity contribution in [2.75, 3.05) is 43.1 Å². The number of nitrogens with zero attached hydrogens (tertiary/aromatic N) is 5. The van der Waals surface area contributed by atoms with Crippen molar-refractivity contribution in [3.63, 3.8) is 0 Å². The monoisotopic (exact) mass is 332 g/mol. The van der Waals surface area contributed by atoms with Crippen LogP contribution in [-0.4, -0.2) is 76.6 Å². The molecule has 3 aliphatic rings. The Morgan fingerprint density at radius 1 is 1.33 bits per heavy atom. The number of anilines is 2. The summed E-state index contributed by atoms with van der Waals surface area (Å²) in [5.74, 6) is 1.19.